The Hall–Kier alpha value is -3.34. The van der Waals surface area contributed by atoms with Crippen LogP contribution in [0.1, 0.15) is 25.7 Å². The summed E-state index contributed by atoms with van der Waals surface area (Å²) in [5.41, 5.74) is 1.22. The van der Waals surface area contributed by atoms with Gasteiger partial charge in [0.2, 0.25) is 5.95 Å². The highest BCUT2D eigenvalue weighted by Crippen LogP contribution is 2.28. The molecule has 3 aromatic heterocycles. The van der Waals surface area contributed by atoms with Crippen molar-refractivity contribution in [3.05, 3.63) is 57.5 Å². The normalized spacial score (nSPS) is 14.2. The zero-order valence-corrected chi connectivity index (χ0v) is 20.2. The molecule has 1 aliphatic heterocycles. The van der Waals surface area contributed by atoms with Crippen molar-refractivity contribution >= 4 is 28.9 Å². The van der Waals surface area contributed by atoms with Crippen molar-refractivity contribution < 1.29 is 0 Å². The molecule has 1 aromatic carbocycles. The summed E-state index contributed by atoms with van der Waals surface area (Å²) in [7, 11) is 3.41. The fourth-order valence-corrected chi connectivity index (χ4v) is 5.31. The summed E-state index contributed by atoms with van der Waals surface area (Å²) in [5, 5.41) is 9.84. The number of thioether (sulfide) groups is 1. The summed E-state index contributed by atoms with van der Waals surface area (Å²) in [6, 6.07) is 10.2. The second-order valence-corrected chi connectivity index (χ2v) is 9.59. The van der Waals surface area contributed by atoms with Crippen LogP contribution in [0.4, 0.5) is 5.95 Å². The van der Waals surface area contributed by atoms with Gasteiger partial charge in [-0.05, 0) is 37.8 Å². The van der Waals surface area contributed by atoms with Crippen molar-refractivity contribution in [2.75, 3.05) is 23.7 Å². The summed E-state index contributed by atoms with van der Waals surface area (Å²) in [6.07, 6.45) is 5.77. The van der Waals surface area contributed by atoms with E-state index in [4.69, 9.17) is 0 Å². The number of piperidine rings is 1. The molecule has 0 amide bonds. The molecule has 1 saturated heterocycles. The fourth-order valence-electron chi connectivity index (χ4n) is 4.44. The van der Waals surface area contributed by atoms with Crippen molar-refractivity contribution in [3.8, 4) is 5.69 Å². The van der Waals surface area contributed by atoms with Gasteiger partial charge in [-0.15, -0.1) is 10.2 Å². The molecular weight excluding hydrogens is 452 g/mol. The van der Waals surface area contributed by atoms with E-state index in [1.165, 1.54) is 15.6 Å². The van der Waals surface area contributed by atoms with E-state index in [1.54, 1.807) is 36.8 Å². The summed E-state index contributed by atoms with van der Waals surface area (Å²) >= 11 is 1.59. The van der Waals surface area contributed by atoms with Crippen molar-refractivity contribution in [2.45, 2.75) is 37.4 Å². The molecule has 178 valence electrons. The molecule has 4 heterocycles. The Bertz CT molecular complexity index is 1410. The highest BCUT2D eigenvalue weighted by molar-refractivity contribution is 7.99. The van der Waals surface area contributed by atoms with Crippen LogP contribution in [0.25, 0.3) is 16.9 Å². The van der Waals surface area contributed by atoms with E-state index in [2.05, 4.69) is 36.8 Å². The van der Waals surface area contributed by atoms with Crippen molar-refractivity contribution in [1.82, 2.24) is 33.4 Å². The van der Waals surface area contributed by atoms with E-state index >= 15 is 0 Å². The average Bonchev–Trinajstić information content (AvgIpc) is 3.47. The molecule has 0 N–H and O–H groups in total. The molecular formula is C23H28N8O2S. The van der Waals surface area contributed by atoms with Crippen molar-refractivity contribution in [3.63, 3.8) is 0 Å². The first kappa shape index (κ1) is 22.5. The van der Waals surface area contributed by atoms with Gasteiger partial charge < -0.3 is 9.47 Å². The second kappa shape index (κ2) is 9.49. The number of hydrogen-bond acceptors (Lipinski definition) is 7. The summed E-state index contributed by atoms with van der Waals surface area (Å²) in [6.45, 7) is 2.30. The molecule has 0 unspecified atom stereocenters. The molecule has 10 nitrogen and oxygen atoms in total. The second-order valence-electron chi connectivity index (χ2n) is 8.53. The molecule has 5 rings (SSSR count). The van der Waals surface area contributed by atoms with E-state index < -0.39 is 0 Å². The van der Waals surface area contributed by atoms with Crippen LogP contribution < -0.4 is 16.1 Å². The van der Waals surface area contributed by atoms with Crippen molar-refractivity contribution in [2.24, 2.45) is 14.1 Å². The van der Waals surface area contributed by atoms with Crippen LogP contribution in [0.5, 0.6) is 0 Å². The lowest BCUT2D eigenvalue weighted by Gasteiger charge is -2.27. The van der Waals surface area contributed by atoms with Crippen LogP contribution in [0, 0.1) is 0 Å². The summed E-state index contributed by atoms with van der Waals surface area (Å²) in [5.74, 6) is 1.57. The van der Waals surface area contributed by atoms with E-state index in [0.717, 1.165) is 42.7 Å². The minimum absolute atomic E-state index is 0.303. The van der Waals surface area contributed by atoms with Gasteiger partial charge in [0.15, 0.2) is 16.3 Å². The Labute approximate surface area is 200 Å². The number of benzene rings is 1. The molecule has 1 fully saturated rings. The van der Waals surface area contributed by atoms with Gasteiger partial charge in [-0.2, -0.15) is 0 Å². The number of hydrogen-bond donors (Lipinski definition) is 0. The van der Waals surface area contributed by atoms with Gasteiger partial charge >= 0.3 is 5.69 Å². The molecule has 1 aliphatic rings. The molecule has 0 saturated carbocycles. The predicted octanol–water partition coefficient (Wildman–Crippen LogP) is 2.19. The zero-order valence-electron chi connectivity index (χ0n) is 19.4. The number of nitrogens with zero attached hydrogens (tertiary/aromatic N) is 8. The molecule has 0 radical (unpaired) electrons. The third kappa shape index (κ3) is 4.04. The molecule has 0 aliphatic carbocycles. The number of fused-ring (bicyclic) bond motifs is 1. The van der Waals surface area contributed by atoms with Crippen LogP contribution >= 0.6 is 11.8 Å². The van der Waals surface area contributed by atoms with Crippen LogP contribution in [-0.2, 0) is 20.6 Å². The minimum Gasteiger partial charge on any atom is -0.341 e. The Kier molecular flexibility index (Phi) is 6.27. The molecule has 34 heavy (non-hydrogen) atoms. The third-order valence-electron chi connectivity index (χ3n) is 6.23. The molecule has 11 heteroatoms. The maximum absolute atomic E-state index is 12.9. The largest absolute Gasteiger partial charge is 0.341 e. The molecule has 0 spiro atoms. The lowest BCUT2D eigenvalue weighted by molar-refractivity contribution is 0.564. The third-order valence-corrected chi connectivity index (χ3v) is 7.24. The number of aromatic nitrogens is 7. The maximum atomic E-state index is 12.9. The van der Waals surface area contributed by atoms with Gasteiger partial charge in [-0.1, -0.05) is 30.0 Å². The Morgan fingerprint density at radius 2 is 1.76 bits per heavy atom. The number of aryl methyl sites for hydroxylation is 2. The zero-order chi connectivity index (χ0) is 23.7. The van der Waals surface area contributed by atoms with Crippen molar-refractivity contribution in [1.29, 1.82) is 0 Å². The number of imidazole rings is 1. The van der Waals surface area contributed by atoms with E-state index in [1.807, 2.05) is 18.2 Å². The Morgan fingerprint density at radius 3 is 2.53 bits per heavy atom. The van der Waals surface area contributed by atoms with E-state index in [0.29, 0.717) is 29.9 Å². The Morgan fingerprint density at radius 1 is 1.00 bits per heavy atom. The lowest BCUT2D eigenvalue weighted by Crippen LogP contribution is -2.39. The van der Waals surface area contributed by atoms with E-state index in [-0.39, 0.29) is 11.2 Å². The summed E-state index contributed by atoms with van der Waals surface area (Å²) < 4.78 is 6.50. The first-order valence-corrected chi connectivity index (χ1v) is 12.5. The number of anilines is 1. The fraction of sp³-hybridized carbons (Fsp3) is 0.435. The van der Waals surface area contributed by atoms with E-state index in [9.17, 15) is 9.59 Å². The first-order valence-electron chi connectivity index (χ1n) is 11.6. The van der Waals surface area contributed by atoms with Crippen LogP contribution in [0.15, 0.2) is 51.4 Å². The van der Waals surface area contributed by atoms with Gasteiger partial charge in [-0.25, -0.2) is 9.78 Å². The van der Waals surface area contributed by atoms with Gasteiger partial charge in [0.05, 0.1) is 12.0 Å². The average molecular weight is 481 g/mol. The van der Waals surface area contributed by atoms with Gasteiger partial charge in [0.25, 0.3) is 5.56 Å². The smallest absolute Gasteiger partial charge is 0.332 e. The SMILES string of the molecule is Cn1cnc2c1c(=O)n(CCCSc1nnc(N3CCCCC3)n1-c1ccccc1)c(=O)n2C. The number of para-hydroxylation sites is 1. The monoisotopic (exact) mass is 480 g/mol. The first-order chi connectivity index (χ1) is 16.6. The topological polar surface area (TPSA) is 95.8 Å². The highest BCUT2D eigenvalue weighted by Gasteiger charge is 2.21. The highest BCUT2D eigenvalue weighted by atomic mass is 32.2. The van der Waals surface area contributed by atoms with Gasteiger partial charge in [0.1, 0.15) is 0 Å². The molecule has 0 bridgehead atoms. The number of rotatable bonds is 7. The Balaban J connectivity index is 1.35. The van der Waals surface area contributed by atoms with Crippen LogP contribution in [0.3, 0.4) is 0 Å². The lowest BCUT2D eigenvalue weighted by atomic mass is 10.1. The molecule has 4 aromatic rings. The molecule has 0 atom stereocenters. The predicted molar refractivity (Wildman–Crippen MR) is 133 cm³/mol. The quantitative estimate of drug-likeness (QED) is 0.296. The van der Waals surface area contributed by atoms with Crippen LogP contribution in [-0.4, -0.2) is 52.3 Å². The summed E-state index contributed by atoms with van der Waals surface area (Å²) in [4.78, 5) is 32.1. The maximum Gasteiger partial charge on any atom is 0.332 e. The minimum atomic E-state index is -0.346. The van der Waals surface area contributed by atoms with Crippen LogP contribution in [0.2, 0.25) is 0 Å². The van der Waals surface area contributed by atoms with Gasteiger partial charge in [-0.3, -0.25) is 18.5 Å². The van der Waals surface area contributed by atoms with Gasteiger partial charge in [0, 0.05) is 39.5 Å². The standard InChI is InChI=1S/C23H28N8O2S/c1-27-16-24-19-18(27)20(32)30(23(33)28(19)2)14-9-15-34-22-26-25-21(29-12-7-4-8-13-29)31(22)17-10-5-3-6-11-17/h3,5-6,10-11,16H,4,7-9,12-15H2,1-2H3.